The molecule has 0 amide bonds. The van der Waals surface area contributed by atoms with Crippen LogP contribution in [0.1, 0.15) is 31.1 Å². The molecule has 0 radical (unpaired) electrons. The van der Waals surface area contributed by atoms with Gasteiger partial charge in [0, 0.05) is 12.1 Å². The van der Waals surface area contributed by atoms with Crippen LogP contribution in [0.4, 0.5) is 0 Å². The van der Waals surface area contributed by atoms with E-state index in [0.29, 0.717) is 11.7 Å². The highest BCUT2D eigenvalue weighted by Crippen LogP contribution is 2.27. The van der Waals surface area contributed by atoms with E-state index in [0.717, 1.165) is 62.7 Å². The smallest absolute Gasteiger partial charge is 0.231 e. The van der Waals surface area contributed by atoms with Crippen LogP contribution in [-0.4, -0.2) is 41.3 Å². The molecule has 0 spiro atoms. The molecule has 2 heterocycles. The number of rotatable bonds is 8. The third kappa shape index (κ3) is 4.74. The molecule has 5 heteroatoms. The van der Waals surface area contributed by atoms with Crippen LogP contribution in [-0.2, 0) is 0 Å². The van der Waals surface area contributed by atoms with Crippen LogP contribution in [0.25, 0.3) is 11.4 Å². The maximum atomic E-state index is 5.75. The van der Waals surface area contributed by atoms with Gasteiger partial charge in [-0.1, -0.05) is 53.7 Å². The quantitative estimate of drug-likeness (QED) is 0.556. The van der Waals surface area contributed by atoms with Crippen molar-refractivity contribution >= 4 is 0 Å². The molecule has 1 unspecified atom stereocenters. The fourth-order valence-corrected chi connectivity index (χ4v) is 3.49. The molecule has 5 nitrogen and oxygen atoms in total. The fraction of sp³-hybridized carbons (Fsp3) is 0.364. The highest BCUT2D eigenvalue weighted by molar-refractivity contribution is 5.53. The molecule has 0 saturated carbocycles. The van der Waals surface area contributed by atoms with E-state index in [4.69, 9.17) is 9.26 Å². The first-order valence-corrected chi connectivity index (χ1v) is 9.68. The highest BCUT2D eigenvalue weighted by atomic mass is 16.5. The SMILES string of the molecule is c1ccc(OCCCCN2CCC(c3nc(-c4ccccc4)no3)C2)cc1. The van der Waals surface area contributed by atoms with Crippen molar-refractivity contribution in [1.29, 1.82) is 0 Å². The summed E-state index contributed by atoms with van der Waals surface area (Å²) in [4.78, 5) is 7.10. The molecule has 140 valence electrons. The molecular formula is C22H25N3O2. The van der Waals surface area contributed by atoms with Gasteiger partial charge in [0.25, 0.3) is 0 Å². The van der Waals surface area contributed by atoms with Crippen molar-refractivity contribution < 1.29 is 9.26 Å². The Balaban J connectivity index is 1.20. The minimum absolute atomic E-state index is 0.343. The van der Waals surface area contributed by atoms with Gasteiger partial charge >= 0.3 is 0 Å². The molecule has 1 aliphatic rings. The number of nitrogens with zero attached hydrogens (tertiary/aromatic N) is 3. The summed E-state index contributed by atoms with van der Waals surface area (Å²) in [6.07, 6.45) is 3.28. The van der Waals surface area contributed by atoms with Gasteiger partial charge in [-0.05, 0) is 44.5 Å². The second kappa shape index (κ2) is 8.82. The third-order valence-electron chi connectivity index (χ3n) is 4.98. The minimum Gasteiger partial charge on any atom is -0.494 e. The number of benzene rings is 2. The van der Waals surface area contributed by atoms with Gasteiger partial charge in [0.1, 0.15) is 5.75 Å². The van der Waals surface area contributed by atoms with Crippen molar-refractivity contribution in [3.8, 4) is 17.1 Å². The van der Waals surface area contributed by atoms with E-state index in [1.807, 2.05) is 60.7 Å². The van der Waals surface area contributed by atoms with Gasteiger partial charge < -0.3 is 14.2 Å². The lowest BCUT2D eigenvalue weighted by Crippen LogP contribution is -2.22. The number of ether oxygens (including phenoxy) is 1. The van der Waals surface area contributed by atoms with Crippen LogP contribution >= 0.6 is 0 Å². The Morgan fingerprint density at radius 2 is 1.78 bits per heavy atom. The molecule has 1 atom stereocenters. The lowest BCUT2D eigenvalue weighted by molar-refractivity contribution is 0.275. The van der Waals surface area contributed by atoms with Gasteiger partial charge in [-0.25, -0.2) is 0 Å². The monoisotopic (exact) mass is 363 g/mol. The van der Waals surface area contributed by atoms with Gasteiger partial charge in [0.2, 0.25) is 11.7 Å². The summed E-state index contributed by atoms with van der Waals surface area (Å²) in [6, 6.07) is 20.0. The zero-order valence-electron chi connectivity index (χ0n) is 15.5. The van der Waals surface area contributed by atoms with Crippen molar-refractivity contribution in [2.24, 2.45) is 0 Å². The summed E-state index contributed by atoms with van der Waals surface area (Å²) in [6.45, 7) is 3.95. The molecule has 4 rings (SSSR count). The first kappa shape index (κ1) is 17.7. The van der Waals surface area contributed by atoms with Crippen LogP contribution in [0.2, 0.25) is 0 Å². The van der Waals surface area contributed by atoms with E-state index in [9.17, 15) is 0 Å². The normalized spacial score (nSPS) is 17.3. The molecule has 27 heavy (non-hydrogen) atoms. The topological polar surface area (TPSA) is 51.4 Å². The molecule has 0 aliphatic carbocycles. The Kier molecular flexibility index (Phi) is 5.80. The summed E-state index contributed by atoms with van der Waals surface area (Å²) >= 11 is 0. The first-order valence-electron chi connectivity index (χ1n) is 9.68. The maximum Gasteiger partial charge on any atom is 0.231 e. The zero-order valence-corrected chi connectivity index (χ0v) is 15.5. The van der Waals surface area contributed by atoms with Crippen molar-refractivity contribution in [1.82, 2.24) is 15.0 Å². The fourth-order valence-electron chi connectivity index (χ4n) is 3.49. The van der Waals surface area contributed by atoms with Crippen LogP contribution in [0.15, 0.2) is 65.2 Å². The Morgan fingerprint density at radius 3 is 2.59 bits per heavy atom. The molecular weight excluding hydrogens is 338 g/mol. The molecule has 3 aromatic rings. The molecule has 0 bridgehead atoms. The van der Waals surface area contributed by atoms with Gasteiger partial charge in [-0.3, -0.25) is 0 Å². The third-order valence-corrected chi connectivity index (χ3v) is 4.98. The molecule has 1 saturated heterocycles. The first-order chi connectivity index (χ1) is 13.4. The Hall–Kier alpha value is -2.66. The average molecular weight is 363 g/mol. The predicted octanol–water partition coefficient (Wildman–Crippen LogP) is 4.39. The summed E-state index contributed by atoms with van der Waals surface area (Å²) in [5, 5.41) is 4.15. The molecule has 1 aliphatic heterocycles. The van der Waals surface area contributed by atoms with Gasteiger partial charge in [0.15, 0.2) is 0 Å². The number of aromatic nitrogens is 2. The lowest BCUT2D eigenvalue weighted by Gasteiger charge is -2.15. The Labute approximate surface area is 160 Å². The van der Waals surface area contributed by atoms with Gasteiger partial charge in [-0.2, -0.15) is 4.98 Å². The summed E-state index contributed by atoms with van der Waals surface area (Å²) in [7, 11) is 0. The van der Waals surface area contributed by atoms with Crippen LogP contribution in [0.5, 0.6) is 5.75 Å². The summed E-state index contributed by atoms with van der Waals surface area (Å²) in [5.41, 5.74) is 1.00. The highest BCUT2D eigenvalue weighted by Gasteiger charge is 2.28. The van der Waals surface area contributed by atoms with Gasteiger partial charge in [-0.15, -0.1) is 0 Å². The zero-order chi connectivity index (χ0) is 18.3. The molecule has 1 aromatic heterocycles. The molecule has 2 aromatic carbocycles. The van der Waals surface area contributed by atoms with Gasteiger partial charge in [0.05, 0.1) is 12.5 Å². The average Bonchev–Trinajstić information content (AvgIpc) is 3.39. The molecule has 1 fully saturated rings. The second-order valence-corrected chi connectivity index (χ2v) is 6.98. The van der Waals surface area contributed by atoms with E-state index in [2.05, 4.69) is 15.0 Å². The van der Waals surface area contributed by atoms with E-state index in [1.165, 1.54) is 0 Å². The van der Waals surface area contributed by atoms with E-state index < -0.39 is 0 Å². The largest absolute Gasteiger partial charge is 0.494 e. The number of para-hydroxylation sites is 1. The number of likely N-dealkylation sites (tertiary alicyclic amines) is 1. The van der Waals surface area contributed by atoms with Crippen LogP contribution in [0, 0.1) is 0 Å². The van der Waals surface area contributed by atoms with Crippen molar-refractivity contribution in [2.45, 2.75) is 25.2 Å². The summed E-state index contributed by atoms with van der Waals surface area (Å²) < 4.78 is 11.3. The van der Waals surface area contributed by atoms with E-state index >= 15 is 0 Å². The second-order valence-electron chi connectivity index (χ2n) is 6.98. The van der Waals surface area contributed by atoms with E-state index in [1.54, 1.807) is 0 Å². The lowest BCUT2D eigenvalue weighted by atomic mass is 10.1. The minimum atomic E-state index is 0.343. The number of hydrogen-bond acceptors (Lipinski definition) is 5. The summed E-state index contributed by atoms with van der Waals surface area (Å²) in [5.74, 6) is 2.74. The molecule has 0 N–H and O–H groups in total. The standard InChI is InChI=1S/C22H25N3O2/c1-3-9-18(10-4-1)21-23-22(27-24-21)19-13-15-25(17-19)14-7-8-16-26-20-11-5-2-6-12-20/h1-6,9-12,19H,7-8,13-17H2. The van der Waals surface area contributed by atoms with Crippen molar-refractivity contribution in [3.63, 3.8) is 0 Å². The predicted molar refractivity (Wildman–Crippen MR) is 105 cm³/mol. The van der Waals surface area contributed by atoms with Crippen LogP contribution < -0.4 is 4.74 Å². The number of unbranched alkanes of at least 4 members (excludes halogenated alkanes) is 1. The van der Waals surface area contributed by atoms with Crippen molar-refractivity contribution in [2.75, 3.05) is 26.2 Å². The number of hydrogen-bond donors (Lipinski definition) is 0. The Bertz CT molecular complexity index is 820. The Morgan fingerprint density at radius 1 is 1.00 bits per heavy atom. The van der Waals surface area contributed by atoms with Crippen molar-refractivity contribution in [3.05, 3.63) is 66.6 Å². The van der Waals surface area contributed by atoms with Crippen LogP contribution in [0.3, 0.4) is 0 Å². The van der Waals surface area contributed by atoms with E-state index in [-0.39, 0.29) is 0 Å². The maximum absolute atomic E-state index is 5.75.